The Kier molecular flexibility index (Phi) is 11.0. The summed E-state index contributed by atoms with van der Waals surface area (Å²) in [5, 5.41) is 10.7. The summed E-state index contributed by atoms with van der Waals surface area (Å²) >= 11 is 6.43. The molecule has 0 aliphatic carbocycles. The summed E-state index contributed by atoms with van der Waals surface area (Å²) < 4.78 is 53.3. The van der Waals surface area contributed by atoms with E-state index < -0.39 is 37.1 Å². The molecule has 0 unspecified atom stereocenters. The van der Waals surface area contributed by atoms with Gasteiger partial charge in [0.15, 0.2) is 19.7 Å². The highest BCUT2D eigenvalue weighted by molar-refractivity contribution is 9.10. The van der Waals surface area contributed by atoms with Crippen molar-refractivity contribution in [3.05, 3.63) is 57.5 Å². The molecular formula is C21H24Br2N2O6S2. The van der Waals surface area contributed by atoms with Gasteiger partial charge in [0.2, 0.25) is 0 Å². The van der Waals surface area contributed by atoms with Gasteiger partial charge in [0.25, 0.3) is 0 Å². The molecule has 0 bridgehead atoms. The second-order valence-electron chi connectivity index (χ2n) is 7.57. The molecule has 0 heterocycles. The van der Waals surface area contributed by atoms with Crippen molar-refractivity contribution in [2.45, 2.75) is 36.2 Å². The Morgan fingerprint density at radius 3 is 1.73 bits per heavy atom. The lowest BCUT2D eigenvalue weighted by atomic mass is 10.2. The Morgan fingerprint density at radius 2 is 1.33 bits per heavy atom. The van der Waals surface area contributed by atoms with Crippen molar-refractivity contribution in [3.8, 4) is 6.07 Å². The number of alkyl carbamates (subject to hydrolysis) is 1. The average molecular weight is 624 g/mol. The molecule has 0 saturated carbocycles. The van der Waals surface area contributed by atoms with Gasteiger partial charge in [0, 0.05) is 15.5 Å². The van der Waals surface area contributed by atoms with Crippen molar-refractivity contribution < 1.29 is 26.4 Å². The number of nitriles is 1. The van der Waals surface area contributed by atoms with Gasteiger partial charge in [-0.05, 0) is 69.3 Å². The number of halogens is 2. The number of nitrogens with one attached hydrogen (secondary N) is 1. The van der Waals surface area contributed by atoms with Crippen molar-refractivity contribution in [2.75, 3.05) is 18.1 Å². The van der Waals surface area contributed by atoms with Crippen LogP contribution >= 0.6 is 31.9 Å². The smallest absolute Gasteiger partial charge is 0.407 e. The molecule has 8 nitrogen and oxygen atoms in total. The van der Waals surface area contributed by atoms with Gasteiger partial charge in [0.1, 0.15) is 11.4 Å². The van der Waals surface area contributed by atoms with Crippen LogP contribution < -0.4 is 5.32 Å². The minimum Gasteiger partial charge on any atom is -0.444 e. The maximum absolute atomic E-state index is 12.0. The summed E-state index contributed by atoms with van der Waals surface area (Å²) in [7, 11) is -6.82. The monoisotopic (exact) mass is 622 g/mol. The summed E-state index contributed by atoms with van der Waals surface area (Å²) in [5.41, 5.74) is -0.603. The topological polar surface area (TPSA) is 130 Å². The molecule has 180 valence electrons. The zero-order valence-electron chi connectivity index (χ0n) is 18.2. The molecule has 0 aliphatic rings. The van der Waals surface area contributed by atoms with Gasteiger partial charge in [0.05, 0.1) is 21.6 Å². The number of sulfone groups is 2. The highest BCUT2D eigenvalue weighted by Gasteiger charge is 2.18. The van der Waals surface area contributed by atoms with E-state index in [0.29, 0.717) is 0 Å². The third kappa shape index (κ3) is 11.2. The highest BCUT2D eigenvalue weighted by Crippen LogP contribution is 2.16. The number of carbonyl (C=O) groups is 1. The summed E-state index contributed by atoms with van der Waals surface area (Å²) in [6.07, 6.45) is -0.622. The SMILES string of the molecule is CC(C)(C)OC(=O)NCCS(=O)(=O)c1ccc(Br)cc1.N#CCS(=O)(=O)c1ccc(Br)cc1. The lowest BCUT2D eigenvalue weighted by Gasteiger charge is -2.19. The van der Waals surface area contributed by atoms with Crippen molar-refractivity contribution in [3.63, 3.8) is 0 Å². The molecule has 0 fully saturated rings. The summed E-state index contributed by atoms with van der Waals surface area (Å²) in [6.45, 7) is 5.23. The van der Waals surface area contributed by atoms with Gasteiger partial charge in [-0.3, -0.25) is 0 Å². The Balaban J connectivity index is 0.000000361. The van der Waals surface area contributed by atoms with Crippen molar-refractivity contribution >= 4 is 57.6 Å². The second kappa shape index (κ2) is 12.5. The first-order valence-electron chi connectivity index (χ1n) is 9.47. The zero-order valence-corrected chi connectivity index (χ0v) is 23.0. The number of rotatable bonds is 6. The van der Waals surface area contributed by atoms with E-state index in [1.54, 1.807) is 51.1 Å². The van der Waals surface area contributed by atoms with Gasteiger partial charge in [-0.25, -0.2) is 21.6 Å². The number of ether oxygens (including phenoxy) is 1. The van der Waals surface area contributed by atoms with E-state index in [1.165, 1.54) is 24.3 Å². The van der Waals surface area contributed by atoms with E-state index in [1.807, 2.05) is 0 Å². The number of hydrogen-bond donors (Lipinski definition) is 1. The van der Waals surface area contributed by atoms with Crippen molar-refractivity contribution in [1.29, 1.82) is 5.26 Å². The molecule has 2 rings (SSSR count). The maximum atomic E-state index is 12.0. The van der Waals surface area contributed by atoms with Crippen molar-refractivity contribution in [1.82, 2.24) is 5.32 Å². The van der Waals surface area contributed by atoms with Gasteiger partial charge in [-0.15, -0.1) is 0 Å². The number of amides is 1. The third-order valence-electron chi connectivity index (χ3n) is 3.64. The van der Waals surface area contributed by atoms with Crippen molar-refractivity contribution in [2.24, 2.45) is 0 Å². The predicted octanol–water partition coefficient (Wildman–Crippen LogP) is 4.49. The molecule has 2 aromatic rings. The normalized spacial score (nSPS) is 11.5. The van der Waals surface area contributed by atoms with Crippen LogP contribution in [0.3, 0.4) is 0 Å². The largest absolute Gasteiger partial charge is 0.444 e. The number of benzene rings is 2. The lowest BCUT2D eigenvalue weighted by Crippen LogP contribution is -2.35. The second-order valence-corrected chi connectivity index (χ2v) is 13.5. The fraction of sp³-hybridized carbons (Fsp3) is 0.333. The molecule has 0 radical (unpaired) electrons. The molecule has 1 amide bonds. The molecule has 12 heteroatoms. The third-order valence-corrected chi connectivity index (χ3v) is 7.93. The Morgan fingerprint density at radius 1 is 0.909 bits per heavy atom. The summed E-state index contributed by atoms with van der Waals surface area (Å²) in [5.74, 6) is -0.650. The lowest BCUT2D eigenvalue weighted by molar-refractivity contribution is 0.0531. The van der Waals surface area contributed by atoms with Gasteiger partial charge in [-0.1, -0.05) is 31.9 Å². The number of nitrogens with zero attached hydrogens (tertiary/aromatic N) is 1. The van der Waals surface area contributed by atoms with Crippen LogP contribution in [0.15, 0.2) is 67.3 Å². The summed E-state index contributed by atoms with van der Waals surface area (Å²) in [4.78, 5) is 11.8. The Labute approximate surface area is 211 Å². The van der Waals surface area contributed by atoms with Crippen LogP contribution in [0.4, 0.5) is 4.79 Å². The minimum atomic E-state index is -3.41. The first-order chi connectivity index (χ1) is 15.2. The molecule has 0 aromatic heterocycles. The van der Waals surface area contributed by atoms with Crippen LogP contribution in [0.5, 0.6) is 0 Å². The summed E-state index contributed by atoms with van der Waals surface area (Å²) in [6, 6.07) is 14.2. The van der Waals surface area contributed by atoms with Crippen LogP contribution in [0.1, 0.15) is 20.8 Å². The van der Waals surface area contributed by atoms with E-state index in [4.69, 9.17) is 10.00 Å². The Bertz CT molecular complexity index is 1180. The zero-order chi connectivity index (χ0) is 25.3. The highest BCUT2D eigenvalue weighted by atomic mass is 79.9. The maximum Gasteiger partial charge on any atom is 0.407 e. The standard InChI is InChI=1S/C13H18BrNO4S.C8H6BrNO2S/c1-13(2,3)19-12(16)15-8-9-20(17,18)11-6-4-10(14)5-7-11;9-7-1-3-8(4-2-7)13(11,12)6-5-10/h4-7H,8-9H2,1-3H3,(H,15,16);1-4H,6H2. The molecule has 0 saturated heterocycles. The van der Waals surface area contributed by atoms with Crippen LogP contribution in [-0.4, -0.2) is 46.6 Å². The quantitative estimate of drug-likeness (QED) is 0.501. The molecule has 0 spiro atoms. The van der Waals surface area contributed by atoms with Crippen LogP contribution in [0, 0.1) is 11.3 Å². The average Bonchev–Trinajstić information content (AvgIpc) is 2.67. The van der Waals surface area contributed by atoms with E-state index in [0.717, 1.165) is 8.95 Å². The fourth-order valence-electron chi connectivity index (χ4n) is 2.17. The molecule has 0 aliphatic heterocycles. The number of hydrogen-bond acceptors (Lipinski definition) is 7. The minimum absolute atomic E-state index is 0.00725. The molecule has 0 atom stereocenters. The number of carbonyl (C=O) groups excluding carboxylic acids is 1. The predicted molar refractivity (Wildman–Crippen MR) is 132 cm³/mol. The van der Waals surface area contributed by atoms with E-state index >= 15 is 0 Å². The van der Waals surface area contributed by atoms with Gasteiger partial charge < -0.3 is 10.1 Å². The first kappa shape index (κ1) is 29.1. The fourth-order valence-corrected chi connectivity index (χ4v) is 4.74. The van der Waals surface area contributed by atoms with E-state index in [2.05, 4.69) is 37.2 Å². The van der Waals surface area contributed by atoms with Gasteiger partial charge in [-0.2, -0.15) is 5.26 Å². The Hall–Kier alpha value is -1.94. The van der Waals surface area contributed by atoms with Crippen LogP contribution in [-0.2, 0) is 24.4 Å². The van der Waals surface area contributed by atoms with E-state index in [9.17, 15) is 21.6 Å². The molecular weight excluding hydrogens is 600 g/mol. The molecule has 33 heavy (non-hydrogen) atoms. The van der Waals surface area contributed by atoms with Gasteiger partial charge >= 0.3 is 6.09 Å². The van der Waals surface area contributed by atoms with Crippen LogP contribution in [0.25, 0.3) is 0 Å². The molecule has 1 N–H and O–H groups in total. The first-order valence-corrected chi connectivity index (χ1v) is 14.4. The molecule has 2 aromatic carbocycles. The van der Waals surface area contributed by atoms with Crippen LogP contribution in [0.2, 0.25) is 0 Å². The van der Waals surface area contributed by atoms with E-state index in [-0.39, 0.29) is 22.1 Å².